The first-order valence-electron chi connectivity index (χ1n) is 6.73. The molecule has 1 aliphatic carbocycles. The minimum Gasteiger partial charge on any atom is -0.481 e. The SMILES string of the molecule is O=C(O)[C@H](c1cccc(Br)c1)C1(O)CCCCCC1. The highest BCUT2D eigenvalue weighted by molar-refractivity contribution is 9.10. The monoisotopic (exact) mass is 326 g/mol. The molecule has 0 heterocycles. The van der Waals surface area contributed by atoms with Crippen molar-refractivity contribution in [2.24, 2.45) is 0 Å². The van der Waals surface area contributed by atoms with Gasteiger partial charge in [0, 0.05) is 4.47 Å². The molecule has 2 rings (SSSR count). The van der Waals surface area contributed by atoms with Crippen molar-refractivity contribution in [3.8, 4) is 0 Å². The number of aliphatic hydroxyl groups is 1. The van der Waals surface area contributed by atoms with Crippen LogP contribution in [0.3, 0.4) is 0 Å². The second-order valence-electron chi connectivity index (χ2n) is 5.34. The predicted octanol–water partition coefficient (Wildman–Crippen LogP) is 3.70. The van der Waals surface area contributed by atoms with Crippen LogP contribution in [-0.2, 0) is 4.79 Å². The Kier molecular flexibility index (Phi) is 4.63. The summed E-state index contributed by atoms with van der Waals surface area (Å²) < 4.78 is 0.841. The topological polar surface area (TPSA) is 57.5 Å². The standard InChI is InChI=1S/C15H19BrO3/c16-12-7-5-6-11(10-12)13(14(17)18)15(19)8-3-1-2-4-9-15/h5-7,10,13,19H,1-4,8-9H2,(H,17,18)/t13-/m0/s1. The summed E-state index contributed by atoms with van der Waals surface area (Å²) in [5.41, 5.74) is -0.449. The van der Waals surface area contributed by atoms with E-state index in [4.69, 9.17) is 0 Å². The first-order valence-corrected chi connectivity index (χ1v) is 7.53. The third kappa shape index (κ3) is 3.37. The molecule has 3 nitrogen and oxygen atoms in total. The van der Waals surface area contributed by atoms with Crippen LogP contribution in [0.2, 0.25) is 0 Å². The smallest absolute Gasteiger partial charge is 0.313 e. The molecule has 1 aromatic carbocycles. The number of benzene rings is 1. The molecule has 0 saturated heterocycles. The van der Waals surface area contributed by atoms with E-state index in [9.17, 15) is 15.0 Å². The minimum atomic E-state index is -1.12. The fraction of sp³-hybridized carbons (Fsp3) is 0.533. The Morgan fingerprint density at radius 3 is 2.37 bits per heavy atom. The van der Waals surface area contributed by atoms with Crippen molar-refractivity contribution in [3.05, 3.63) is 34.3 Å². The van der Waals surface area contributed by atoms with Gasteiger partial charge >= 0.3 is 5.97 Å². The summed E-state index contributed by atoms with van der Waals surface area (Å²) in [4.78, 5) is 11.7. The quantitative estimate of drug-likeness (QED) is 0.832. The van der Waals surface area contributed by atoms with Crippen LogP contribution in [0.1, 0.15) is 50.0 Å². The molecular formula is C15H19BrO3. The summed E-state index contributed by atoms with van der Waals surface area (Å²) in [6.45, 7) is 0. The number of aliphatic carboxylic acids is 1. The van der Waals surface area contributed by atoms with Gasteiger partial charge in [-0.1, -0.05) is 53.7 Å². The second kappa shape index (κ2) is 6.06. The van der Waals surface area contributed by atoms with Crippen molar-refractivity contribution in [1.82, 2.24) is 0 Å². The molecule has 1 fully saturated rings. The number of carbonyl (C=O) groups is 1. The van der Waals surface area contributed by atoms with Gasteiger partial charge in [0.25, 0.3) is 0 Å². The number of rotatable bonds is 3. The number of hydrogen-bond donors (Lipinski definition) is 2. The van der Waals surface area contributed by atoms with E-state index in [2.05, 4.69) is 15.9 Å². The first kappa shape index (κ1) is 14.5. The third-order valence-electron chi connectivity index (χ3n) is 3.94. The van der Waals surface area contributed by atoms with Gasteiger partial charge in [0.2, 0.25) is 0 Å². The Morgan fingerprint density at radius 1 is 1.21 bits per heavy atom. The van der Waals surface area contributed by atoms with Gasteiger partial charge in [0.05, 0.1) is 5.60 Å². The predicted molar refractivity (Wildman–Crippen MR) is 77.2 cm³/mol. The van der Waals surface area contributed by atoms with Gasteiger partial charge in [-0.25, -0.2) is 0 Å². The lowest BCUT2D eigenvalue weighted by atomic mass is 9.77. The summed E-state index contributed by atoms with van der Waals surface area (Å²) in [6, 6.07) is 7.25. The molecule has 0 aliphatic heterocycles. The highest BCUT2D eigenvalue weighted by atomic mass is 79.9. The maximum atomic E-state index is 11.7. The summed E-state index contributed by atoms with van der Waals surface area (Å²) >= 11 is 3.36. The van der Waals surface area contributed by atoms with Gasteiger partial charge < -0.3 is 10.2 Å². The van der Waals surface area contributed by atoms with Gasteiger partial charge in [0.15, 0.2) is 0 Å². The van der Waals surface area contributed by atoms with Crippen LogP contribution in [0.4, 0.5) is 0 Å². The fourth-order valence-corrected chi connectivity index (χ4v) is 3.42. The molecule has 104 valence electrons. The van der Waals surface area contributed by atoms with E-state index < -0.39 is 17.5 Å². The molecule has 2 N–H and O–H groups in total. The zero-order chi connectivity index (χ0) is 13.9. The van der Waals surface area contributed by atoms with Crippen LogP contribution >= 0.6 is 15.9 Å². The lowest BCUT2D eigenvalue weighted by Gasteiger charge is -2.33. The lowest BCUT2D eigenvalue weighted by molar-refractivity contribution is -0.146. The Bertz CT molecular complexity index is 450. The molecule has 1 aromatic rings. The van der Waals surface area contributed by atoms with Crippen molar-refractivity contribution in [2.75, 3.05) is 0 Å². The zero-order valence-corrected chi connectivity index (χ0v) is 12.4. The molecule has 0 bridgehead atoms. The molecule has 1 saturated carbocycles. The largest absolute Gasteiger partial charge is 0.481 e. The minimum absolute atomic E-state index is 0.566. The van der Waals surface area contributed by atoms with Crippen LogP contribution in [0.5, 0.6) is 0 Å². The Labute approximate surface area is 121 Å². The molecule has 0 unspecified atom stereocenters. The fourth-order valence-electron chi connectivity index (χ4n) is 3.00. The summed E-state index contributed by atoms with van der Waals surface area (Å²) in [5.74, 6) is -1.79. The Hall–Kier alpha value is -0.870. The molecule has 0 radical (unpaired) electrons. The summed E-state index contributed by atoms with van der Waals surface area (Å²) in [7, 11) is 0. The van der Waals surface area contributed by atoms with Gasteiger partial charge in [-0.2, -0.15) is 0 Å². The molecule has 1 atom stereocenters. The third-order valence-corrected chi connectivity index (χ3v) is 4.43. The van der Waals surface area contributed by atoms with Crippen molar-refractivity contribution < 1.29 is 15.0 Å². The van der Waals surface area contributed by atoms with Gasteiger partial charge in [0.1, 0.15) is 5.92 Å². The first-order chi connectivity index (χ1) is 9.03. The molecule has 1 aliphatic rings. The van der Waals surface area contributed by atoms with E-state index in [1.807, 2.05) is 12.1 Å². The van der Waals surface area contributed by atoms with E-state index in [1.165, 1.54) is 0 Å². The maximum absolute atomic E-state index is 11.7. The van der Waals surface area contributed by atoms with E-state index in [0.29, 0.717) is 18.4 Å². The molecule has 0 amide bonds. The van der Waals surface area contributed by atoms with Crippen molar-refractivity contribution in [3.63, 3.8) is 0 Å². The zero-order valence-electron chi connectivity index (χ0n) is 10.8. The average molecular weight is 327 g/mol. The van der Waals surface area contributed by atoms with Crippen LogP contribution in [0, 0.1) is 0 Å². The van der Waals surface area contributed by atoms with Crippen LogP contribution in [0.15, 0.2) is 28.7 Å². The number of hydrogen-bond acceptors (Lipinski definition) is 2. The van der Waals surface area contributed by atoms with E-state index >= 15 is 0 Å². The number of carboxylic acid groups (broad SMARTS) is 1. The molecular weight excluding hydrogens is 308 g/mol. The van der Waals surface area contributed by atoms with Crippen LogP contribution in [0.25, 0.3) is 0 Å². The highest BCUT2D eigenvalue weighted by Crippen LogP contribution is 2.39. The van der Waals surface area contributed by atoms with Crippen LogP contribution in [-0.4, -0.2) is 21.8 Å². The summed E-state index contributed by atoms with van der Waals surface area (Å²) in [6.07, 6.45) is 5.08. The molecule has 0 aromatic heterocycles. The van der Waals surface area contributed by atoms with Gasteiger partial charge in [-0.05, 0) is 30.5 Å². The number of halogens is 1. The second-order valence-corrected chi connectivity index (χ2v) is 6.26. The maximum Gasteiger partial charge on any atom is 0.313 e. The Balaban J connectivity index is 2.36. The lowest BCUT2D eigenvalue weighted by Crippen LogP contribution is -2.40. The Morgan fingerprint density at radius 2 is 1.84 bits per heavy atom. The molecule has 19 heavy (non-hydrogen) atoms. The van der Waals surface area contributed by atoms with Crippen molar-refractivity contribution in [2.45, 2.75) is 50.0 Å². The molecule has 0 spiro atoms. The van der Waals surface area contributed by atoms with Crippen molar-refractivity contribution in [1.29, 1.82) is 0 Å². The van der Waals surface area contributed by atoms with Crippen LogP contribution < -0.4 is 0 Å². The van der Waals surface area contributed by atoms with Crippen molar-refractivity contribution >= 4 is 21.9 Å². The average Bonchev–Trinajstić information content (AvgIpc) is 2.54. The van der Waals surface area contributed by atoms with E-state index in [1.54, 1.807) is 12.1 Å². The van der Waals surface area contributed by atoms with Gasteiger partial charge in [-0.3, -0.25) is 4.79 Å². The molecule has 4 heteroatoms. The normalized spacial score (nSPS) is 20.5. The summed E-state index contributed by atoms with van der Waals surface area (Å²) in [5, 5.41) is 20.4. The van der Waals surface area contributed by atoms with E-state index in [-0.39, 0.29) is 0 Å². The van der Waals surface area contributed by atoms with Gasteiger partial charge in [-0.15, -0.1) is 0 Å². The highest BCUT2D eigenvalue weighted by Gasteiger charge is 2.42. The number of carboxylic acids is 1. The van der Waals surface area contributed by atoms with E-state index in [0.717, 1.165) is 30.2 Å².